The Kier molecular flexibility index (Phi) is 4.14. The molecule has 128 valence electrons. The van der Waals surface area contributed by atoms with E-state index in [9.17, 15) is 4.79 Å². The third-order valence-electron chi connectivity index (χ3n) is 5.10. The summed E-state index contributed by atoms with van der Waals surface area (Å²) in [6, 6.07) is 6.13. The largest absolute Gasteiger partial charge is 0.358 e. The van der Waals surface area contributed by atoms with Gasteiger partial charge in [-0.3, -0.25) is 4.79 Å². The molecule has 1 spiro atoms. The van der Waals surface area contributed by atoms with Crippen LogP contribution in [0.2, 0.25) is 0 Å². The van der Waals surface area contributed by atoms with Gasteiger partial charge in [-0.15, -0.1) is 0 Å². The number of aromatic nitrogens is 1. The van der Waals surface area contributed by atoms with Gasteiger partial charge >= 0.3 is 0 Å². The quantitative estimate of drug-likeness (QED) is 0.853. The van der Waals surface area contributed by atoms with Gasteiger partial charge in [0.05, 0.1) is 19.6 Å². The number of fused-ring (bicyclic) bond motifs is 1. The van der Waals surface area contributed by atoms with Gasteiger partial charge in [0.2, 0.25) is 5.91 Å². The van der Waals surface area contributed by atoms with Crippen LogP contribution in [0.25, 0.3) is 10.9 Å². The highest BCUT2D eigenvalue weighted by molar-refractivity contribution is 9.10. The molecule has 1 aromatic heterocycles. The Hall–Kier alpha value is -1.37. The lowest BCUT2D eigenvalue weighted by Crippen LogP contribution is -2.47. The number of ether oxygens (including phenoxy) is 2. The summed E-state index contributed by atoms with van der Waals surface area (Å²) in [6.45, 7) is 4.75. The van der Waals surface area contributed by atoms with Crippen LogP contribution in [0.15, 0.2) is 22.7 Å². The second kappa shape index (κ2) is 6.17. The van der Waals surface area contributed by atoms with Crippen LogP contribution in [0.3, 0.4) is 0 Å². The molecule has 1 amide bonds. The number of H-pyrrole nitrogens is 1. The number of likely N-dealkylation sites (tertiary alicyclic amines) is 1. The molecular weight excluding hydrogens is 372 g/mol. The van der Waals surface area contributed by atoms with E-state index in [0.717, 1.165) is 39.5 Å². The van der Waals surface area contributed by atoms with Crippen molar-refractivity contribution in [3.05, 3.63) is 33.9 Å². The van der Waals surface area contributed by atoms with Crippen LogP contribution in [0, 0.1) is 6.92 Å². The molecule has 2 aromatic rings. The van der Waals surface area contributed by atoms with Gasteiger partial charge in [-0.25, -0.2) is 0 Å². The van der Waals surface area contributed by atoms with E-state index < -0.39 is 5.79 Å². The van der Waals surface area contributed by atoms with Crippen LogP contribution < -0.4 is 0 Å². The molecule has 1 aromatic carbocycles. The zero-order valence-electron chi connectivity index (χ0n) is 13.7. The van der Waals surface area contributed by atoms with Gasteiger partial charge in [-0.2, -0.15) is 0 Å². The highest BCUT2D eigenvalue weighted by Gasteiger charge is 2.40. The number of halogens is 1. The SMILES string of the molecule is Cc1[nH]c2ccc(Br)cc2c1CC(=O)N1CCC2(CC1)OCCO2. The number of benzene rings is 1. The molecule has 0 saturated carbocycles. The number of piperidine rings is 1. The molecule has 3 heterocycles. The number of carbonyl (C=O) groups is 1. The Labute approximate surface area is 149 Å². The first kappa shape index (κ1) is 16.1. The van der Waals surface area contributed by atoms with Gasteiger partial charge in [0.25, 0.3) is 0 Å². The van der Waals surface area contributed by atoms with E-state index in [1.54, 1.807) is 0 Å². The average molecular weight is 393 g/mol. The van der Waals surface area contributed by atoms with Crippen molar-refractivity contribution < 1.29 is 14.3 Å². The van der Waals surface area contributed by atoms with E-state index in [4.69, 9.17) is 9.47 Å². The molecule has 2 fully saturated rings. The van der Waals surface area contributed by atoms with Crippen molar-refractivity contribution in [1.82, 2.24) is 9.88 Å². The Morgan fingerprint density at radius 2 is 2.00 bits per heavy atom. The Balaban J connectivity index is 1.49. The number of rotatable bonds is 2. The summed E-state index contributed by atoms with van der Waals surface area (Å²) in [7, 11) is 0. The topological polar surface area (TPSA) is 54.6 Å². The molecule has 5 nitrogen and oxygen atoms in total. The maximum atomic E-state index is 12.8. The predicted octanol–water partition coefficient (Wildman–Crippen LogP) is 3.15. The Bertz CT molecular complexity index is 770. The van der Waals surface area contributed by atoms with Crippen LogP contribution in [-0.4, -0.2) is 47.9 Å². The first-order valence-electron chi connectivity index (χ1n) is 8.39. The summed E-state index contributed by atoms with van der Waals surface area (Å²) < 4.78 is 12.5. The summed E-state index contributed by atoms with van der Waals surface area (Å²) in [6.07, 6.45) is 1.95. The lowest BCUT2D eigenvalue weighted by atomic mass is 10.0. The molecule has 6 heteroatoms. The van der Waals surface area contributed by atoms with Gasteiger partial charge in [-0.1, -0.05) is 15.9 Å². The molecule has 24 heavy (non-hydrogen) atoms. The average Bonchev–Trinajstić information content (AvgIpc) is 3.14. The van der Waals surface area contributed by atoms with Crippen molar-refractivity contribution in [2.24, 2.45) is 0 Å². The van der Waals surface area contributed by atoms with Crippen molar-refractivity contribution in [3.8, 4) is 0 Å². The summed E-state index contributed by atoms with van der Waals surface area (Å²) >= 11 is 3.52. The molecule has 2 aliphatic rings. The Morgan fingerprint density at radius 1 is 1.29 bits per heavy atom. The van der Waals surface area contributed by atoms with Crippen molar-refractivity contribution >= 4 is 32.7 Å². The van der Waals surface area contributed by atoms with E-state index >= 15 is 0 Å². The lowest BCUT2D eigenvalue weighted by Gasteiger charge is -2.37. The smallest absolute Gasteiger partial charge is 0.227 e. The van der Waals surface area contributed by atoms with Gasteiger partial charge in [0.15, 0.2) is 5.79 Å². The minimum Gasteiger partial charge on any atom is -0.358 e. The number of carbonyl (C=O) groups excluding carboxylic acids is 1. The number of amides is 1. The molecular formula is C18H21BrN2O3. The monoisotopic (exact) mass is 392 g/mol. The fraction of sp³-hybridized carbons (Fsp3) is 0.500. The van der Waals surface area contributed by atoms with Crippen LogP contribution in [-0.2, 0) is 20.7 Å². The minimum atomic E-state index is -0.432. The molecule has 2 aliphatic heterocycles. The molecule has 1 N–H and O–H groups in total. The van der Waals surface area contributed by atoms with Crippen LogP contribution >= 0.6 is 15.9 Å². The fourth-order valence-electron chi connectivity index (χ4n) is 3.73. The van der Waals surface area contributed by atoms with Crippen LogP contribution in [0.1, 0.15) is 24.1 Å². The molecule has 4 rings (SSSR count). The molecule has 0 aliphatic carbocycles. The van der Waals surface area contributed by atoms with E-state index in [1.807, 2.05) is 24.0 Å². The number of nitrogens with zero attached hydrogens (tertiary/aromatic N) is 1. The third kappa shape index (κ3) is 2.87. The zero-order chi connectivity index (χ0) is 16.7. The van der Waals surface area contributed by atoms with E-state index in [-0.39, 0.29) is 5.91 Å². The summed E-state index contributed by atoms with van der Waals surface area (Å²) in [5.74, 6) is -0.259. The summed E-state index contributed by atoms with van der Waals surface area (Å²) in [5.41, 5.74) is 3.22. The summed E-state index contributed by atoms with van der Waals surface area (Å²) in [5, 5.41) is 1.12. The van der Waals surface area contributed by atoms with Crippen LogP contribution in [0.4, 0.5) is 0 Å². The summed E-state index contributed by atoms with van der Waals surface area (Å²) in [4.78, 5) is 18.1. The van der Waals surface area contributed by atoms with Gasteiger partial charge in [0.1, 0.15) is 0 Å². The van der Waals surface area contributed by atoms with Crippen LogP contribution in [0.5, 0.6) is 0 Å². The van der Waals surface area contributed by atoms with Gasteiger partial charge in [0, 0.05) is 47.0 Å². The van der Waals surface area contributed by atoms with E-state index in [1.165, 1.54) is 0 Å². The highest BCUT2D eigenvalue weighted by Crippen LogP contribution is 2.32. The fourth-order valence-corrected chi connectivity index (χ4v) is 4.09. The number of hydrogen-bond acceptors (Lipinski definition) is 3. The number of nitrogens with one attached hydrogen (secondary N) is 1. The normalized spacial score (nSPS) is 20.2. The first-order chi connectivity index (χ1) is 11.6. The molecule has 0 atom stereocenters. The molecule has 0 radical (unpaired) electrons. The Morgan fingerprint density at radius 3 is 2.71 bits per heavy atom. The van der Waals surface area contributed by atoms with E-state index in [0.29, 0.717) is 32.7 Å². The molecule has 2 saturated heterocycles. The molecule has 0 unspecified atom stereocenters. The second-order valence-electron chi connectivity index (χ2n) is 6.58. The second-order valence-corrected chi connectivity index (χ2v) is 7.50. The van der Waals surface area contributed by atoms with Gasteiger partial charge < -0.3 is 19.4 Å². The van der Waals surface area contributed by atoms with Crippen molar-refractivity contribution in [2.45, 2.75) is 32.0 Å². The zero-order valence-corrected chi connectivity index (χ0v) is 15.3. The van der Waals surface area contributed by atoms with Gasteiger partial charge in [-0.05, 0) is 30.7 Å². The minimum absolute atomic E-state index is 0.173. The predicted molar refractivity (Wildman–Crippen MR) is 94.9 cm³/mol. The number of hydrogen-bond donors (Lipinski definition) is 1. The number of aryl methyl sites for hydroxylation is 1. The van der Waals surface area contributed by atoms with Crippen molar-refractivity contribution in [2.75, 3.05) is 26.3 Å². The standard InChI is InChI=1S/C18H21BrN2O3/c1-12-14(15-10-13(19)2-3-16(15)20-12)11-17(22)21-6-4-18(5-7-21)23-8-9-24-18/h2-3,10,20H,4-9,11H2,1H3. The van der Waals surface area contributed by atoms with Crippen molar-refractivity contribution in [1.29, 1.82) is 0 Å². The van der Waals surface area contributed by atoms with Crippen molar-refractivity contribution in [3.63, 3.8) is 0 Å². The maximum Gasteiger partial charge on any atom is 0.227 e. The highest BCUT2D eigenvalue weighted by atomic mass is 79.9. The number of aromatic amines is 1. The lowest BCUT2D eigenvalue weighted by molar-refractivity contribution is -0.187. The van der Waals surface area contributed by atoms with E-state index in [2.05, 4.69) is 27.0 Å². The molecule has 0 bridgehead atoms. The first-order valence-corrected chi connectivity index (χ1v) is 9.18. The maximum absolute atomic E-state index is 12.8. The third-order valence-corrected chi connectivity index (χ3v) is 5.59.